The average Bonchev–Trinajstić information content (AvgIpc) is 2.45. The molecule has 0 spiro atoms. The number of urea groups is 1. The lowest BCUT2D eigenvalue weighted by Crippen LogP contribution is -2.39. The number of hydrogen-bond donors (Lipinski definition) is 2. The third-order valence-electron chi connectivity index (χ3n) is 3.24. The van der Waals surface area contributed by atoms with Crippen LogP contribution in [0.3, 0.4) is 0 Å². The van der Waals surface area contributed by atoms with Crippen molar-refractivity contribution < 1.29 is 18.0 Å². The summed E-state index contributed by atoms with van der Waals surface area (Å²) < 4.78 is 39.1. The van der Waals surface area contributed by atoms with Crippen molar-refractivity contribution in [2.24, 2.45) is 0 Å². The fourth-order valence-corrected chi connectivity index (χ4v) is 2.35. The molecule has 0 fully saturated rings. The number of alkyl halides is 3. The van der Waals surface area contributed by atoms with Gasteiger partial charge in [0.05, 0.1) is 17.3 Å². The molecule has 0 aliphatic carbocycles. The average molecular weight is 293 g/mol. The quantitative estimate of drug-likeness (QED) is 0.847. The Bertz CT molecular complexity index is 686. The predicted octanol–water partition coefficient (Wildman–Crippen LogP) is 3.32. The lowest BCUT2D eigenvalue weighted by molar-refractivity contribution is -0.137. The number of rotatable bonds is 1. The molecule has 0 saturated heterocycles. The van der Waals surface area contributed by atoms with Gasteiger partial charge in [0.1, 0.15) is 0 Å². The van der Waals surface area contributed by atoms with E-state index >= 15 is 0 Å². The number of anilines is 1. The third-order valence-corrected chi connectivity index (χ3v) is 3.24. The van der Waals surface area contributed by atoms with Crippen molar-refractivity contribution in [1.82, 2.24) is 10.3 Å². The van der Waals surface area contributed by atoms with Crippen molar-refractivity contribution in [2.45, 2.75) is 12.2 Å². The van der Waals surface area contributed by atoms with Gasteiger partial charge in [-0.2, -0.15) is 13.2 Å². The fourth-order valence-electron chi connectivity index (χ4n) is 2.35. The molecule has 4 nitrogen and oxygen atoms in total. The number of hydrogen-bond acceptors (Lipinski definition) is 2. The first kappa shape index (κ1) is 13.4. The minimum absolute atomic E-state index is 0.206. The predicted molar refractivity (Wildman–Crippen MR) is 69.7 cm³/mol. The third kappa shape index (κ3) is 2.42. The SMILES string of the molecule is O=C1Nc2c(cccc2C(F)(F)F)C(c2cccnc2)N1. The molecule has 2 aromatic rings. The van der Waals surface area contributed by atoms with E-state index in [1.165, 1.54) is 12.3 Å². The minimum Gasteiger partial charge on any atom is -0.327 e. The monoisotopic (exact) mass is 293 g/mol. The number of nitrogens with one attached hydrogen (secondary N) is 2. The maximum atomic E-state index is 13.0. The van der Waals surface area contributed by atoms with Gasteiger partial charge < -0.3 is 10.6 Å². The summed E-state index contributed by atoms with van der Waals surface area (Å²) in [7, 11) is 0. The van der Waals surface area contributed by atoms with Crippen molar-refractivity contribution in [3.63, 3.8) is 0 Å². The summed E-state index contributed by atoms with van der Waals surface area (Å²) in [5.74, 6) is 0. The van der Waals surface area contributed by atoms with Gasteiger partial charge in [0.15, 0.2) is 0 Å². The molecular weight excluding hydrogens is 283 g/mol. The molecule has 1 aromatic heterocycles. The highest BCUT2D eigenvalue weighted by Gasteiger charge is 2.38. The Morgan fingerprint density at radius 1 is 1.14 bits per heavy atom. The number of para-hydroxylation sites is 1. The molecule has 1 atom stereocenters. The molecule has 0 bridgehead atoms. The van der Waals surface area contributed by atoms with Crippen LogP contribution in [0.1, 0.15) is 22.7 Å². The number of aromatic nitrogens is 1. The standard InChI is InChI=1S/C14H10F3N3O/c15-14(16,17)10-5-1-4-9-11(8-3-2-6-18-7-8)19-13(21)20-12(9)10/h1-7,11H,(H2,19,20,21). The second-order valence-electron chi connectivity index (χ2n) is 4.59. The Hall–Kier alpha value is -2.57. The van der Waals surface area contributed by atoms with Crippen LogP contribution in [0.25, 0.3) is 0 Å². The summed E-state index contributed by atoms with van der Waals surface area (Å²) in [4.78, 5) is 15.6. The van der Waals surface area contributed by atoms with E-state index in [0.717, 1.165) is 6.07 Å². The van der Waals surface area contributed by atoms with Crippen LogP contribution in [-0.2, 0) is 6.18 Å². The van der Waals surface area contributed by atoms with Crippen molar-refractivity contribution in [2.75, 3.05) is 5.32 Å². The van der Waals surface area contributed by atoms with Gasteiger partial charge in [-0.1, -0.05) is 18.2 Å². The minimum atomic E-state index is -4.53. The molecule has 2 N–H and O–H groups in total. The number of halogens is 3. The van der Waals surface area contributed by atoms with Crippen molar-refractivity contribution in [1.29, 1.82) is 0 Å². The van der Waals surface area contributed by atoms with Crippen LogP contribution in [0.4, 0.5) is 23.7 Å². The van der Waals surface area contributed by atoms with Gasteiger partial charge in [-0.3, -0.25) is 4.98 Å². The van der Waals surface area contributed by atoms with E-state index in [4.69, 9.17) is 0 Å². The first-order valence-corrected chi connectivity index (χ1v) is 6.14. The van der Waals surface area contributed by atoms with Crippen LogP contribution in [0.5, 0.6) is 0 Å². The van der Waals surface area contributed by atoms with Crippen molar-refractivity contribution in [3.05, 3.63) is 59.4 Å². The van der Waals surface area contributed by atoms with E-state index in [1.54, 1.807) is 24.4 Å². The number of nitrogens with zero attached hydrogens (tertiary/aromatic N) is 1. The van der Waals surface area contributed by atoms with Gasteiger partial charge in [-0.15, -0.1) is 0 Å². The smallest absolute Gasteiger partial charge is 0.327 e. The molecule has 0 saturated carbocycles. The molecule has 1 aliphatic rings. The van der Waals surface area contributed by atoms with Gasteiger partial charge in [0.2, 0.25) is 0 Å². The second kappa shape index (κ2) is 4.76. The Balaban J connectivity index is 2.16. The van der Waals surface area contributed by atoms with Gasteiger partial charge in [-0.05, 0) is 17.7 Å². The number of benzene rings is 1. The number of carbonyl (C=O) groups excluding carboxylic acids is 1. The Morgan fingerprint density at radius 2 is 1.95 bits per heavy atom. The van der Waals surface area contributed by atoms with Crippen molar-refractivity contribution >= 4 is 11.7 Å². The summed E-state index contributed by atoms with van der Waals surface area (Å²) in [6.07, 6.45) is -1.46. The van der Waals surface area contributed by atoms with E-state index in [-0.39, 0.29) is 5.69 Å². The van der Waals surface area contributed by atoms with Crippen LogP contribution in [0, 0.1) is 0 Å². The molecule has 7 heteroatoms. The van der Waals surface area contributed by atoms with Crippen LogP contribution in [0.15, 0.2) is 42.7 Å². The molecule has 0 radical (unpaired) electrons. The molecule has 3 rings (SSSR count). The highest BCUT2D eigenvalue weighted by atomic mass is 19.4. The molecule has 1 unspecified atom stereocenters. The first-order valence-electron chi connectivity index (χ1n) is 6.14. The zero-order valence-corrected chi connectivity index (χ0v) is 10.6. The Morgan fingerprint density at radius 3 is 2.62 bits per heavy atom. The Kier molecular flexibility index (Phi) is 3.04. The number of amides is 2. The highest BCUT2D eigenvalue weighted by molar-refractivity contribution is 5.94. The maximum Gasteiger partial charge on any atom is 0.418 e. The van der Waals surface area contributed by atoms with E-state index in [9.17, 15) is 18.0 Å². The zero-order chi connectivity index (χ0) is 15.0. The van der Waals surface area contributed by atoms with Crippen LogP contribution >= 0.6 is 0 Å². The van der Waals surface area contributed by atoms with Crippen LogP contribution in [0.2, 0.25) is 0 Å². The van der Waals surface area contributed by atoms with Crippen molar-refractivity contribution in [3.8, 4) is 0 Å². The summed E-state index contributed by atoms with van der Waals surface area (Å²) in [6, 6.07) is 5.85. The molecule has 21 heavy (non-hydrogen) atoms. The van der Waals surface area contributed by atoms with Gasteiger partial charge in [0.25, 0.3) is 0 Å². The number of fused-ring (bicyclic) bond motifs is 1. The lowest BCUT2D eigenvalue weighted by Gasteiger charge is -2.29. The molecular formula is C14H10F3N3O. The van der Waals surface area contributed by atoms with E-state index < -0.39 is 23.8 Å². The second-order valence-corrected chi connectivity index (χ2v) is 4.59. The molecule has 1 aromatic carbocycles. The largest absolute Gasteiger partial charge is 0.418 e. The van der Waals surface area contributed by atoms with Gasteiger partial charge in [0, 0.05) is 18.0 Å². The summed E-state index contributed by atoms with van der Waals surface area (Å²) in [5, 5.41) is 4.85. The van der Waals surface area contributed by atoms with Gasteiger partial charge in [-0.25, -0.2) is 4.79 Å². The summed E-state index contributed by atoms with van der Waals surface area (Å²) >= 11 is 0. The topological polar surface area (TPSA) is 54.0 Å². The molecule has 108 valence electrons. The normalized spacial score (nSPS) is 17.7. The van der Waals surface area contributed by atoms with E-state index in [1.807, 2.05) is 0 Å². The summed E-state index contributed by atoms with van der Waals surface area (Å²) in [5.41, 5.74) is -0.0864. The molecule has 2 heterocycles. The highest BCUT2D eigenvalue weighted by Crippen LogP contribution is 2.41. The van der Waals surface area contributed by atoms with E-state index in [0.29, 0.717) is 11.1 Å². The first-order chi connectivity index (χ1) is 9.97. The van der Waals surface area contributed by atoms with Crippen LogP contribution in [-0.4, -0.2) is 11.0 Å². The maximum absolute atomic E-state index is 13.0. The fraction of sp³-hybridized carbons (Fsp3) is 0.143. The number of carbonyl (C=O) groups is 1. The molecule has 1 aliphatic heterocycles. The lowest BCUT2D eigenvalue weighted by atomic mass is 9.94. The van der Waals surface area contributed by atoms with E-state index in [2.05, 4.69) is 15.6 Å². The van der Waals surface area contributed by atoms with Crippen LogP contribution < -0.4 is 10.6 Å². The number of pyridine rings is 1. The Labute approximate surface area is 118 Å². The summed E-state index contributed by atoms with van der Waals surface area (Å²) in [6.45, 7) is 0. The van der Waals surface area contributed by atoms with Gasteiger partial charge >= 0.3 is 12.2 Å². The zero-order valence-electron chi connectivity index (χ0n) is 10.6. The molecule has 2 amide bonds.